The lowest BCUT2D eigenvalue weighted by Gasteiger charge is -2.36. The van der Waals surface area contributed by atoms with Gasteiger partial charge < -0.3 is 20.1 Å². The van der Waals surface area contributed by atoms with E-state index in [2.05, 4.69) is 15.1 Å². The largest absolute Gasteiger partial charge is 0.490 e. The third-order valence-corrected chi connectivity index (χ3v) is 7.33. The van der Waals surface area contributed by atoms with E-state index in [1.54, 1.807) is 24.3 Å². The SMILES string of the molecule is N#Cc1ccc(OC2CCCCC2)cc1Cl.NC(=O)c1ccc(N2CCC(OC3CCC3)CC2)nn1. The van der Waals surface area contributed by atoms with Crippen molar-refractivity contribution in [3.63, 3.8) is 0 Å². The number of carbonyl (C=O) groups excluding carboxylic acids is 1. The highest BCUT2D eigenvalue weighted by atomic mass is 35.5. The highest BCUT2D eigenvalue weighted by Gasteiger charge is 2.26. The molecule has 2 aliphatic carbocycles. The van der Waals surface area contributed by atoms with E-state index in [9.17, 15) is 4.79 Å². The molecule has 2 heterocycles. The van der Waals surface area contributed by atoms with E-state index in [0.717, 1.165) is 50.3 Å². The molecule has 1 aliphatic heterocycles. The molecule has 9 heteroatoms. The number of nitrogens with zero attached hydrogens (tertiary/aromatic N) is 4. The lowest BCUT2D eigenvalue weighted by molar-refractivity contribution is -0.0596. The Morgan fingerprint density at radius 2 is 1.64 bits per heavy atom. The third-order valence-electron chi connectivity index (χ3n) is 7.02. The topological polar surface area (TPSA) is 114 Å². The highest BCUT2D eigenvalue weighted by Crippen LogP contribution is 2.28. The summed E-state index contributed by atoms with van der Waals surface area (Å²) in [6.45, 7) is 1.84. The van der Waals surface area contributed by atoms with E-state index in [-0.39, 0.29) is 5.69 Å². The molecule has 0 bridgehead atoms. The second-order valence-electron chi connectivity index (χ2n) is 9.65. The van der Waals surface area contributed by atoms with E-state index in [4.69, 9.17) is 32.1 Å². The van der Waals surface area contributed by atoms with Crippen LogP contribution in [0, 0.1) is 11.3 Å². The second-order valence-corrected chi connectivity index (χ2v) is 10.1. The predicted molar refractivity (Wildman–Crippen MR) is 138 cm³/mol. The van der Waals surface area contributed by atoms with Gasteiger partial charge in [0, 0.05) is 19.2 Å². The standard InChI is InChI=1S/C14H20N4O2.C13H14ClNO/c15-14(19)12-4-5-13(17-16-12)18-8-6-11(7-9-18)20-10-2-1-3-10;14-13-8-12(7-6-10(13)9-15)16-11-4-2-1-3-5-11/h4-5,10-11H,1-3,6-9H2,(H2,15,19);6-8,11H,1-5H2. The highest BCUT2D eigenvalue weighted by molar-refractivity contribution is 6.31. The van der Waals surface area contributed by atoms with Crippen molar-refractivity contribution in [3.05, 3.63) is 46.6 Å². The summed E-state index contributed by atoms with van der Waals surface area (Å²) in [5, 5.41) is 17.1. The molecule has 1 amide bonds. The molecular formula is C27H34ClN5O3. The molecule has 0 spiro atoms. The number of anilines is 1. The molecule has 1 aromatic heterocycles. The summed E-state index contributed by atoms with van der Waals surface area (Å²) in [5.41, 5.74) is 5.86. The van der Waals surface area contributed by atoms with Gasteiger partial charge in [-0.1, -0.05) is 18.0 Å². The van der Waals surface area contributed by atoms with Gasteiger partial charge in [0.2, 0.25) is 0 Å². The molecular weight excluding hydrogens is 478 g/mol. The molecule has 2 saturated carbocycles. The van der Waals surface area contributed by atoms with Gasteiger partial charge in [-0.25, -0.2) is 0 Å². The first kappa shape index (κ1) is 26.2. The minimum Gasteiger partial charge on any atom is -0.490 e. The number of carbonyl (C=O) groups is 1. The molecule has 2 aromatic rings. The number of primary amides is 1. The van der Waals surface area contributed by atoms with Gasteiger partial charge >= 0.3 is 0 Å². The van der Waals surface area contributed by atoms with Crippen molar-refractivity contribution in [1.29, 1.82) is 5.26 Å². The number of hydrogen-bond donors (Lipinski definition) is 1. The van der Waals surface area contributed by atoms with Crippen molar-refractivity contribution in [2.75, 3.05) is 18.0 Å². The number of piperidine rings is 1. The quantitative estimate of drug-likeness (QED) is 0.577. The Bertz CT molecular complexity index is 1040. The monoisotopic (exact) mass is 511 g/mol. The Kier molecular flexibility index (Phi) is 9.37. The van der Waals surface area contributed by atoms with Gasteiger partial charge in [-0.15, -0.1) is 10.2 Å². The Morgan fingerprint density at radius 3 is 2.19 bits per heavy atom. The van der Waals surface area contributed by atoms with Gasteiger partial charge in [0.25, 0.3) is 5.91 Å². The van der Waals surface area contributed by atoms with E-state index in [1.807, 2.05) is 12.1 Å². The second kappa shape index (κ2) is 12.9. The van der Waals surface area contributed by atoms with Gasteiger partial charge in [-0.05, 0) is 82.1 Å². The van der Waals surface area contributed by atoms with Gasteiger partial charge in [-0.2, -0.15) is 5.26 Å². The number of nitriles is 1. The van der Waals surface area contributed by atoms with Crippen LogP contribution >= 0.6 is 11.6 Å². The molecule has 5 rings (SSSR count). The Labute approximate surface area is 217 Å². The molecule has 3 fully saturated rings. The number of rotatable bonds is 6. The fraction of sp³-hybridized carbons (Fsp3) is 0.556. The predicted octanol–water partition coefficient (Wildman–Crippen LogP) is 5.04. The van der Waals surface area contributed by atoms with E-state index in [1.165, 1.54) is 38.5 Å². The van der Waals surface area contributed by atoms with Crippen molar-refractivity contribution >= 4 is 23.3 Å². The van der Waals surface area contributed by atoms with Crippen LogP contribution < -0.4 is 15.4 Å². The molecule has 192 valence electrons. The molecule has 3 aliphatic rings. The number of aromatic nitrogens is 2. The first-order valence-corrected chi connectivity index (χ1v) is 13.3. The molecule has 0 radical (unpaired) electrons. The molecule has 0 unspecified atom stereocenters. The van der Waals surface area contributed by atoms with Gasteiger partial charge in [0.05, 0.1) is 28.9 Å². The molecule has 1 saturated heterocycles. The maximum Gasteiger partial charge on any atom is 0.269 e. The Balaban J connectivity index is 0.000000174. The van der Waals surface area contributed by atoms with E-state index >= 15 is 0 Å². The zero-order chi connectivity index (χ0) is 25.3. The first-order valence-electron chi connectivity index (χ1n) is 12.9. The first-order chi connectivity index (χ1) is 17.5. The van der Waals surface area contributed by atoms with Gasteiger partial charge in [0.1, 0.15) is 11.8 Å². The third kappa shape index (κ3) is 7.31. The van der Waals surface area contributed by atoms with Crippen molar-refractivity contribution in [2.45, 2.75) is 82.5 Å². The van der Waals surface area contributed by atoms with Crippen molar-refractivity contribution in [3.8, 4) is 11.8 Å². The Hall–Kier alpha value is -2.89. The van der Waals surface area contributed by atoms with Crippen LogP contribution in [0.3, 0.4) is 0 Å². The smallest absolute Gasteiger partial charge is 0.269 e. The number of amides is 1. The van der Waals surface area contributed by atoms with Crippen LogP contribution in [0.2, 0.25) is 5.02 Å². The van der Waals surface area contributed by atoms with Crippen molar-refractivity contribution in [2.24, 2.45) is 5.73 Å². The number of benzene rings is 1. The average molecular weight is 512 g/mol. The van der Waals surface area contributed by atoms with Gasteiger partial charge in [0.15, 0.2) is 11.5 Å². The molecule has 2 N–H and O–H groups in total. The summed E-state index contributed by atoms with van der Waals surface area (Å²) in [5.74, 6) is 1.03. The minimum absolute atomic E-state index is 0.206. The van der Waals surface area contributed by atoms with Crippen LogP contribution in [0.1, 0.15) is 80.3 Å². The van der Waals surface area contributed by atoms with Crippen LogP contribution in [0.4, 0.5) is 5.82 Å². The molecule has 1 aromatic carbocycles. The minimum atomic E-state index is -0.545. The summed E-state index contributed by atoms with van der Waals surface area (Å²) in [6.07, 6.45) is 13.1. The fourth-order valence-corrected chi connectivity index (χ4v) is 4.87. The fourth-order valence-electron chi connectivity index (χ4n) is 4.66. The number of hydrogen-bond acceptors (Lipinski definition) is 7. The summed E-state index contributed by atoms with van der Waals surface area (Å²) in [6, 6.07) is 10.7. The molecule has 8 nitrogen and oxygen atoms in total. The maximum atomic E-state index is 11.0. The number of ether oxygens (including phenoxy) is 2. The van der Waals surface area contributed by atoms with Crippen molar-refractivity contribution in [1.82, 2.24) is 10.2 Å². The van der Waals surface area contributed by atoms with Crippen LogP contribution in [-0.4, -0.2) is 47.5 Å². The Morgan fingerprint density at radius 1 is 0.944 bits per heavy atom. The van der Waals surface area contributed by atoms with Crippen LogP contribution in [0.5, 0.6) is 5.75 Å². The average Bonchev–Trinajstić information content (AvgIpc) is 2.88. The molecule has 36 heavy (non-hydrogen) atoms. The van der Waals surface area contributed by atoms with Crippen LogP contribution in [0.15, 0.2) is 30.3 Å². The molecule has 0 atom stereocenters. The number of halogens is 1. The van der Waals surface area contributed by atoms with Gasteiger partial charge in [-0.3, -0.25) is 4.79 Å². The summed E-state index contributed by atoms with van der Waals surface area (Å²) in [7, 11) is 0. The lowest BCUT2D eigenvalue weighted by atomic mass is 9.95. The zero-order valence-corrected chi connectivity index (χ0v) is 21.3. The van der Waals surface area contributed by atoms with Crippen LogP contribution in [0.25, 0.3) is 0 Å². The summed E-state index contributed by atoms with van der Waals surface area (Å²) < 4.78 is 11.9. The maximum absolute atomic E-state index is 11.0. The number of nitrogens with two attached hydrogens (primary N) is 1. The van der Waals surface area contributed by atoms with E-state index in [0.29, 0.717) is 28.9 Å². The normalized spacial score (nSPS) is 18.9. The lowest BCUT2D eigenvalue weighted by Crippen LogP contribution is -2.40. The van der Waals surface area contributed by atoms with E-state index < -0.39 is 5.91 Å². The zero-order valence-electron chi connectivity index (χ0n) is 20.6. The van der Waals surface area contributed by atoms with Crippen molar-refractivity contribution < 1.29 is 14.3 Å². The summed E-state index contributed by atoms with van der Waals surface area (Å²) in [4.78, 5) is 13.1. The van der Waals surface area contributed by atoms with Crippen LogP contribution in [-0.2, 0) is 4.74 Å². The summed E-state index contributed by atoms with van der Waals surface area (Å²) >= 11 is 5.94.